The minimum Gasteiger partial charge on any atom is -0.496 e. The average Bonchev–Trinajstić information content (AvgIpc) is 3.33. The van der Waals surface area contributed by atoms with Gasteiger partial charge in [0, 0.05) is 18.7 Å². The normalized spacial score (nSPS) is 16.9. The van der Waals surface area contributed by atoms with Crippen molar-refractivity contribution in [1.82, 2.24) is 9.80 Å². The first-order valence-electron chi connectivity index (χ1n) is 10.1. The van der Waals surface area contributed by atoms with Gasteiger partial charge in [0.2, 0.25) is 0 Å². The number of nitrogens with zero attached hydrogens (tertiary/aromatic N) is 2. The molecule has 29 heavy (non-hydrogen) atoms. The third-order valence-corrected chi connectivity index (χ3v) is 5.88. The van der Waals surface area contributed by atoms with Crippen molar-refractivity contribution < 1.29 is 14.3 Å². The summed E-state index contributed by atoms with van der Waals surface area (Å²) in [7, 11) is 1.60. The van der Waals surface area contributed by atoms with Crippen molar-refractivity contribution in [3.63, 3.8) is 0 Å². The van der Waals surface area contributed by atoms with Crippen molar-refractivity contribution in [2.24, 2.45) is 0 Å². The van der Waals surface area contributed by atoms with Crippen molar-refractivity contribution in [3.8, 4) is 5.75 Å². The highest BCUT2D eigenvalue weighted by Gasteiger charge is 2.42. The van der Waals surface area contributed by atoms with Crippen LogP contribution in [0.3, 0.4) is 0 Å². The van der Waals surface area contributed by atoms with Crippen LogP contribution in [0.15, 0.2) is 48.2 Å². The molecule has 2 amide bonds. The van der Waals surface area contributed by atoms with Crippen molar-refractivity contribution in [1.29, 1.82) is 0 Å². The summed E-state index contributed by atoms with van der Waals surface area (Å²) in [5.74, 6) is 0.234. The number of aryl methyl sites for hydroxylation is 2. The zero-order valence-corrected chi connectivity index (χ0v) is 17.2. The lowest BCUT2D eigenvalue weighted by molar-refractivity contribution is -0.138. The number of imide groups is 1. The number of para-hydroxylation sites is 1. The summed E-state index contributed by atoms with van der Waals surface area (Å²) < 4.78 is 5.42. The third kappa shape index (κ3) is 3.41. The highest BCUT2D eigenvalue weighted by atomic mass is 16.5. The fraction of sp³-hybridized carbons (Fsp3) is 0.333. The maximum Gasteiger partial charge on any atom is 0.278 e. The topological polar surface area (TPSA) is 49.9 Å². The van der Waals surface area contributed by atoms with Crippen LogP contribution in [0.1, 0.15) is 35.1 Å². The van der Waals surface area contributed by atoms with Crippen molar-refractivity contribution in [2.45, 2.75) is 33.2 Å². The SMILES string of the molecule is COc1ccccc1CN1C(=O)C(c2ccc(C)c(C)c2)=C(N2CCCC2)C1=O. The monoisotopic (exact) mass is 390 g/mol. The van der Waals surface area contributed by atoms with Gasteiger partial charge in [-0.1, -0.05) is 36.4 Å². The van der Waals surface area contributed by atoms with Crippen LogP contribution < -0.4 is 4.74 Å². The Labute approximate surface area is 171 Å². The van der Waals surface area contributed by atoms with E-state index in [1.165, 1.54) is 10.5 Å². The van der Waals surface area contributed by atoms with E-state index in [-0.39, 0.29) is 18.4 Å². The number of methoxy groups -OCH3 is 1. The predicted molar refractivity (Wildman–Crippen MR) is 112 cm³/mol. The van der Waals surface area contributed by atoms with E-state index < -0.39 is 0 Å². The van der Waals surface area contributed by atoms with Gasteiger partial charge in [-0.15, -0.1) is 0 Å². The summed E-state index contributed by atoms with van der Waals surface area (Å²) in [5.41, 5.74) is 4.98. The van der Waals surface area contributed by atoms with Crippen molar-refractivity contribution in [3.05, 3.63) is 70.4 Å². The lowest BCUT2D eigenvalue weighted by Crippen LogP contribution is -2.34. The molecular weight excluding hydrogens is 364 g/mol. The van der Waals surface area contributed by atoms with Crippen LogP contribution in [0.2, 0.25) is 0 Å². The molecule has 0 saturated carbocycles. The van der Waals surface area contributed by atoms with Crippen LogP contribution in [0.4, 0.5) is 0 Å². The van der Waals surface area contributed by atoms with Crippen LogP contribution in [-0.4, -0.2) is 41.8 Å². The van der Waals surface area contributed by atoms with E-state index in [0.29, 0.717) is 17.0 Å². The van der Waals surface area contributed by atoms with Crippen LogP contribution in [0, 0.1) is 13.8 Å². The molecule has 5 heteroatoms. The minimum absolute atomic E-state index is 0.202. The van der Waals surface area contributed by atoms with E-state index in [0.717, 1.165) is 42.6 Å². The largest absolute Gasteiger partial charge is 0.496 e. The smallest absolute Gasteiger partial charge is 0.278 e. The Morgan fingerprint density at radius 3 is 2.34 bits per heavy atom. The van der Waals surface area contributed by atoms with E-state index >= 15 is 0 Å². The summed E-state index contributed by atoms with van der Waals surface area (Å²) in [6.07, 6.45) is 2.08. The number of carbonyl (C=O) groups is 2. The second-order valence-corrected chi connectivity index (χ2v) is 7.73. The summed E-state index contributed by atoms with van der Waals surface area (Å²) in [6.45, 7) is 5.90. The van der Waals surface area contributed by atoms with Gasteiger partial charge in [0.25, 0.3) is 11.8 Å². The van der Waals surface area contributed by atoms with Gasteiger partial charge in [-0.25, -0.2) is 0 Å². The summed E-state index contributed by atoms with van der Waals surface area (Å²) in [4.78, 5) is 30.3. The molecule has 0 atom stereocenters. The lowest BCUT2D eigenvalue weighted by Gasteiger charge is -2.20. The minimum atomic E-state index is -0.231. The average molecular weight is 390 g/mol. The first-order valence-corrected chi connectivity index (χ1v) is 10.1. The molecular formula is C24H26N2O3. The fourth-order valence-electron chi connectivity index (χ4n) is 4.10. The van der Waals surface area contributed by atoms with Gasteiger partial charge in [0.05, 0.1) is 19.2 Å². The molecule has 4 rings (SSSR count). The maximum atomic E-state index is 13.5. The van der Waals surface area contributed by atoms with Gasteiger partial charge in [-0.05, 0) is 49.4 Å². The highest BCUT2D eigenvalue weighted by molar-refractivity contribution is 6.35. The molecule has 2 aliphatic heterocycles. The molecule has 2 aromatic rings. The molecule has 5 nitrogen and oxygen atoms in total. The molecule has 1 saturated heterocycles. The molecule has 0 aromatic heterocycles. The number of likely N-dealkylation sites (tertiary alicyclic amines) is 1. The lowest BCUT2D eigenvalue weighted by atomic mass is 9.99. The molecule has 2 aliphatic rings. The van der Waals surface area contributed by atoms with E-state index in [1.54, 1.807) is 7.11 Å². The van der Waals surface area contributed by atoms with E-state index in [1.807, 2.05) is 56.3 Å². The van der Waals surface area contributed by atoms with Crippen LogP contribution in [-0.2, 0) is 16.1 Å². The van der Waals surface area contributed by atoms with E-state index in [2.05, 4.69) is 4.90 Å². The Morgan fingerprint density at radius 1 is 0.931 bits per heavy atom. The third-order valence-electron chi connectivity index (χ3n) is 5.88. The van der Waals surface area contributed by atoms with Gasteiger partial charge in [-0.2, -0.15) is 0 Å². The molecule has 150 valence electrons. The molecule has 2 heterocycles. The highest BCUT2D eigenvalue weighted by Crippen LogP contribution is 2.35. The molecule has 0 N–H and O–H groups in total. The van der Waals surface area contributed by atoms with Gasteiger partial charge in [0.1, 0.15) is 11.4 Å². The van der Waals surface area contributed by atoms with E-state index in [4.69, 9.17) is 4.74 Å². The Kier molecular flexibility index (Phi) is 5.14. The van der Waals surface area contributed by atoms with Crippen LogP contribution in [0.25, 0.3) is 5.57 Å². The number of benzene rings is 2. The Morgan fingerprint density at radius 2 is 1.66 bits per heavy atom. The van der Waals surface area contributed by atoms with Crippen LogP contribution in [0.5, 0.6) is 5.75 Å². The zero-order chi connectivity index (χ0) is 20.5. The maximum absolute atomic E-state index is 13.5. The standard InChI is InChI=1S/C24H26N2O3/c1-16-10-11-18(14-17(16)2)21-22(25-12-6-7-13-25)24(28)26(23(21)27)15-19-8-4-5-9-20(19)29-3/h4-5,8-11,14H,6-7,12-13,15H2,1-3H3. The summed E-state index contributed by atoms with van der Waals surface area (Å²) in [5, 5.41) is 0. The number of hydrogen-bond acceptors (Lipinski definition) is 4. The number of carbonyl (C=O) groups excluding carboxylic acids is 2. The number of ether oxygens (including phenoxy) is 1. The second-order valence-electron chi connectivity index (χ2n) is 7.73. The van der Waals surface area contributed by atoms with Gasteiger partial charge >= 0.3 is 0 Å². The fourth-order valence-corrected chi connectivity index (χ4v) is 4.10. The molecule has 0 unspecified atom stereocenters. The van der Waals surface area contributed by atoms with Gasteiger partial charge < -0.3 is 9.64 Å². The first kappa shape index (κ1) is 19.2. The molecule has 1 fully saturated rings. The Balaban J connectivity index is 1.76. The molecule has 0 spiro atoms. The Hall–Kier alpha value is -3.08. The molecule has 0 bridgehead atoms. The zero-order valence-electron chi connectivity index (χ0n) is 17.2. The Bertz CT molecular complexity index is 1000. The number of amides is 2. The van der Waals surface area contributed by atoms with Crippen LogP contribution >= 0.6 is 0 Å². The summed E-state index contributed by atoms with van der Waals surface area (Å²) in [6, 6.07) is 13.5. The predicted octanol–water partition coefficient (Wildman–Crippen LogP) is 3.69. The molecule has 2 aromatic carbocycles. The number of hydrogen-bond donors (Lipinski definition) is 0. The molecule has 0 aliphatic carbocycles. The number of rotatable bonds is 5. The van der Waals surface area contributed by atoms with Crippen molar-refractivity contribution >= 4 is 17.4 Å². The first-order chi connectivity index (χ1) is 14.0. The van der Waals surface area contributed by atoms with Gasteiger partial charge in [-0.3, -0.25) is 14.5 Å². The van der Waals surface area contributed by atoms with E-state index in [9.17, 15) is 9.59 Å². The van der Waals surface area contributed by atoms with Gasteiger partial charge in [0.15, 0.2) is 0 Å². The molecule has 0 radical (unpaired) electrons. The van der Waals surface area contributed by atoms with Crippen molar-refractivity contribution in [2.75, 3.05) is 20.2 Å². The quantitative estimate of drug-likeness (QED) is 0.731. The second kappa shape index (κ2) is 7.74. The summed E-state index contributed by atoms with van der Waals surface area (Å²) >= 11 is 0.